The van der Waals surface area contributed by atoms with Gasteiger partial charge in [-0.3, -0.25) is 0 Å². The summed E-state index contributed by atoms with van der Waals surface area (Å²) >= 11 is 0. The van der Waals surface area contributed by atoms with Gasteiger partial charge in [0.25, 0.3) is 0 Å². The first-order valence-corrected chi connectivity index (χ1v) is 10.5. The van der Waals surface area contributed by atoms with Gasteiger partial charge in [0, 0.05) is 19.2 Å². The van der Waals surface area contributed by atoms with Crippen LogP contribution < -0.4 is 0 Å². The molecule has 0 bridgehead atoms. The van der Waals surface area contributed by atoms with Crippen molar-refractivity contribution in [1.82, 2.24) is 14.5 Å². The fourth-order valence-electron chi connectivity index (χ4n) is 5.35. The third kappa shape index (κ3) is 4.47. The molecule has 0 radical (unpaired) electrons. The normalized spacial score (nSPS) is 24.3. The predicted octanol–water partition coefficient (Wildman–Crippen LogP) is 6.55. The lowest BCUT2D eigenvalue weighted by molar-refractivity contribution is 0.159. The molecular formula is C23H37N3. The number of aromatic nitrogens is 3. The van der Waals surface area contributed by atoms with Crippen molar-refractivity contribution in [3.63, 3.8) is 0 Å². The van der Waals surface area contributed by atoms with Crippen LogP contribution in [0.25, 0.3) is 11.2 Å². The van der Waals surface area contributed by atoms with Gasteiger partial charge in [-0.05, 0) is 49.0 Å². The van der Waals surface area contributed by atoms with Crippen molar-refractivity contribution < 1.29 is 0 Å². The molecule has 0 saturated heterocycles. The summed E-state index contributed by atoms with van der Waals surface area (Å²) in [6.07, 6.45) is 14.7. The summed E-state index contributed by atoms with van der Waals surface area (Å²) in [5.74, 6) is 0.524. The average molecular weight is 356 g/mol. The molecule has 0 N–H and O–H groups in total. The van der Waals surface area contributed by atoms with Crippen molar-refractivity contribution in [3.05, 3.63) is 23.7 Å². The highest BCUT2D eigenvalue weighted by atomic mass is 15.0. The highest BCUT2D eigenvalue weighted by Crippen LogP contribution is 2.44. The van der Waals surface area contributed by atoms with Gasteiger partial charge in [0.15, 0.2) is 5.65 Å². The molecule has 144 valence electrons. The summed E-state index contributed by atoms with van der Waals surface area (Å²) in [7, 11) is 2.06. The summed E-state index contributed by atoms with van der Waals surface area (Å²) in [5.41, 5.74) is 5.29. The van der Waals surface area contributed by atoms with Crippen LogP contribution in [0, 0.1) is 17.8 Å². The number of nitrogens with zero attached hydrogens (tertiary/aromatic N) is 3. The molecule has 2 heterocycles. The lowest BCUT2D eigenvalue weighted by Crippen LogP contribution is -2.25. The number of fused-ring (bicyclic) bond motifs is 1. The Kier molecular flexibility index (Phi) is 5.46. The summed E-state index contributed by atoms with van der Waals surface area (Å²) in [5, 5.41) is 0. The molecule has 0 aliphatic heterocycles. The van der Waals surface area contributed by atoms with Crippen LogP contribution in [0.15, 0.2) is 12.4 Å². The second-order valence-corrected chi connectivity index (χ2v) is 10.2. The summed E-state index contributed by atoms with van der Waals surface area (Å²) in [4.78, 5) is 9.86. The van der Waals surface area contributed by atoms with Crippen LogP contribution in [0.1, 0.15) is 96.2 Å². The predicted molar refractivity (Wildman–Crippen MR) is 110 cm³/mol. The van der Waals surface area contributed by atoms with Gasteiger partial charge < -0.3 is 4.57 Å². The molecule has 3 rings (SSSR count). The summed E-state index contributed by atoms with van der Waals surface area (Å²) in [6.45, 7) is 12.0. The van der Waals surface area contributed by atoms with Gasteiger partial charge in [0.1, 0.15) is 5.52 Å². The molecule has 1 fully saturated rings. The van der Waals surface area contributed by atoms with E-state index in [-0.39, 0.29) is 0 Å². The molecule has 26 heavy (non-hydrogen) atoms. The highest BCUT2D eigenvalue weighted by Gasteiger charge is 2.32. The molecule has 0 aromatic carbocycles. The Hall–Kier alpha value is -1.38. The topological polar surface area (TPSA) is 30.7 Å². The van der Waals surface area contributed by atoms with Gasteiger partial charge >= 0.3 is 0 Å². The van der Waals surface area contributed by atoms with E-state index in [1.54, 1.807) is 0 Å². The van der Waals surface area contributed by atoms with E-state index in [0.29, 0.717) is 16.7 Å². The Morgan fingerprint density at radius 1 is 1.04 bits per heavy atom. The van der Waals surface area contributed by atoms with E-state index in [2.05, 4.69) is 52.4 Å². The number of hydrogen-bond acceptors (Lipinski definition) is 2. The minimum atomic E-state index is 0.334. The first-order chi connectivity index (χ1) is 12.2. The quantitative estimate of drug-likeness (QED) is 0.581. The Bertz CT molecular complexity index is 754. The Labute approximate surface area is 159 Å². The van der Waals surface area contributed by atoms with Crippen LogP contribution in [-0.2, 0) is 7.05 Å². The number of aryl methyl sites for hydroxylation is 2. The maximum atomic E-state index is 5.09. The molecule has 1 unspecified atom stereocenters. The molecule has 1 saturated carbocycles. The van der Waals surface area contributed by atoms with Crippen LogP contribution in [-0.4, -0.2) is 14.5 Å². The molecule has 0 amide bonds. The van der Waals surface area contributed by atoms with Gasteiger partial charge in [-0.15, -0.1) is 0 Å². The molecule has 0 spiro atoms. The van der Waals surface area contributed by atoms with Gasteiger partial charge in [-0.2, -0.15) is 0 Å². The minimum Gasteiger partial charge on any atom is -0.334 e. The van der Waals surface area contributed by atoms with Gasteiger partial charge in [0.2, 0.25) is 0 Å². The van der Waals surface area contributed by atoms with Crippen LogP contribution in [0.5, 0.6) is 0 Å². The standard InChI is InChI=1S/C23H37N3/c1-17-15-26(6)21-20(17)25-19(14-24-21)18-11-9-7-8-10-12-22(2,3)16-23(4,5)13-18/h14-15,18H,7-13,16H2,1-6H3. The third-order valence-electron chi connectivity index (χ3n) is 6.20. The Balaban J connectivity index is 1.91. The largest absolute Gasteiger partial charge is 0.334 e. The van der Waals surface area contributed by atoms with Gasteiger partial charge in [-0.1, -0.05) is 53.4 Å². The van der Waals surface area contributed by atoms with E-state index in [0.717, 1.165) is 11.2 Å². The fraction of sp³-hybridized carbons (Fsp3) is 0.739. The first-order valence-electron chi connectivity index (χ1n) is 10.5. The highest BCUT2D eigenvalue weighted by molar-refractivity contribution is 5.75. The maximum absolute atomic E-state index is 5.09. The van der Waals surface area contributed by atoms with Crippen molar-refractivity contribution in [2.24, 2.45) is 17.9 Å². The molecule has 1 atom stereocenters. The van der Waals surface area contributed by atoms with E-state index < -0.39 is 0 Å². The van der Waals surface area contributed by atoms with Gasteiger partial charge in [-0.25, -0.2) is 9.97 Å². The van der Waals surface area contributed by atoms with Gasteiger partial charge in [0.05, 0.1) is 11.9 Å². The smallest absolute Gasteiger partial charge is 0.158 e. The SMILES string of the molecule is Cc1cn(C)c2ncc(C3CCCCCCC(C)(C)CC(C)(C)C3)nc12. The zero-order valence-corrected chi connectivity index (χ0v) is 17.7. The van der Waals surface area contributed by atoms with E-state index in [4.69, 9.17) is 9.97 Å². The van der Waals surface area contributed by atoms with E-state index >= 15 is 0 Å². The van der Waals surface area contributed by atoms with Crippen LogP contribution >= 0.6 is 0 Å². The molecule has 2 aromatic heterocycles. The van der Waals surface area contributed by atoms with Crippen molar-refractivity contribution in [2.45, 2.75) is 91.9 Å². The van der Waals surface area contributed by atoms with Crippen molar-refractivity contribution >= 4 is 11.2 Å². The second kappa shape index (κ2) is 7.32. The van der Waals surface area contributed by atoms with Crippen molar-refractivity contribution in [3.8, 4) is 0 Å². The lowest BCUT2D eigenvalue weighted by Gasteiger charge is -2.37. The summed E-state index contributed by atoms with van der Waals surface area (Å²) < 4.78 is 2.09. The maximum Gasteiger partial charge on any atom is 0.158 e. The van der Waals surface area contributed by atoms with Crippen LogP contribution in [0.3, 0.4) is 0 Å². The van der Waals surface area contributed by atoms with E-state index in [1.165, 1.54) is 62.6 Å². The fourth-order valence-corrected chi connectivity index (χ4v) is 5.35. The minimum absolute atomic E-state index is 0.334. The Morgan fingerprint density at radius 2 is 1.77 bits per heavy atom. The van der Waals surface area contributed by atoms with E-state index in [1.807, 2.05) is 6.20 Å². The molecule has 3 nitrogen and oxygen atoms in total. The summed E-state index contributed by atoms with van der Waals surface area (Å²) in [6, 6.07) is 0. The monoisotopic (exact) mass is 355 g/mol. The molecular weight excluding hydrogens is 318 g/mol. The zero-order chi connectivity index (χ0) is 18.9. The number of hydrogen-bond donors (Lipinski definition) is 0. The second-order valence-electron chi connectivity index (χ2n) is 10.2. The molecule has 2 aromatic rings. The number of rotatable bonds is 1. The third-order valence-corrected chi connectivity index (χ3v) is 6.20. The Morgan fingerprint density at radius 3 is 2.54 bits per heavy atom. The van der Waals surface area contributed by atoms with Crippen molar-refractivity contribution in [2.75, 3.05) is 0 Å². The average Bonchev–Trinajstić information content (AvgIpc) is 2.80. The van der Waals surface area contributed by atoms with Crippen LogP contribution in [0.4, 0.5) is 0 Å². The molecule has 1 aliphatic carbocycles. The first kappa shape index (κ1) is 19.4. The van der Waals surface area contributed by atoms with E-state index in [9.17, 15) is 0 Å². The zero-order valence-electron chi connectivity index (χ0n) is 17.7. The van der Waals surface area contributed by atoms with Crippen molar-refractivity contribution in [1.29, 1.82) is 0 Å². The molecule has 1 aliphatic rings. The van der Waals surface area contributed by atoms with Crippen LogP contribution in [0.2, 0.25) is 0 Å². The molecule has 3 heteroatoms. The lowest BCUT2D eigenvalue weighted by atomic mass is 9.69.